The number of hydrogen-bond donors (Lipinski definition) is 0. The second-order valence-corrected chi connectivity index (χ2v) is 11.1. The Morgan fingerprint density at radius 1 is 0.925 bits per heavy atom. The normalized spacial score (nSPS) is 17.9. The molecule has 8 heteroatoms. The van der Waals surface area contributed by atoms with E-state index in [1.54, 1.807) is 0 Å². The summed E-state index contributed by atoms with van der Waals surface area (Å²) < 4.78 is 11.4. The number of nitrogens with zero attached hydrogens (tertiary/aromatic N) is 4. The summed E-state index contributed by atoms with van der Waals surface area (Å²) in [6.07, 6.45) is 5.84. The van der Waals surface area contributed by atoms with Gasteiger partial charge >= 0.3 is 5.97 Å². The maximum absolute atomic E-state index is 12.6. The number of pyridine rings is 1. The molecule has 1 saturated heterocycles. The van der Waals surface area contributed by atoms with Gasteiger partial charge < -0.3 is 14.4 Å². The molecular weight excluding hydrogens is 504 g/mol. The number of hydrogen-bond acceptors (Lipinski definition) is 7. The highest BCUT2D eigenvalue weighted by molar-refractivity contribution is 5.95. The third-order valence-electron chi connectivity index (χ3n) is 8.47. The monoisotopic (exact) mass is 542 g/mol. The number of carbonyl (C=O) groups excluding carboxylic acids is 2. The van der Waals surface area contributed by atoms with E-state index in [-0.39, 0.29) is 24.5 Å². The first-order valence-electron chi connectivity index (χ1n) is 14.7. The first kappa shape index (κ1) is 26.6. The van der Waals surface area contributed by atoms with Crippen LogP contribution in [0.4, 0.5) is 11.5 Å². The van der Waals surface area contributed by atoms with Crippen LogP contribution in [-0.4, -0.2) is 67.8 Å². The summed E-state index contributed by atoms with van der Waals surface area (Å²) in [5.74, 6) is 0.759. The van der Waals surface area contributed by atoms with Crippen LogP contribution in [0.15, 0.2) is 54.6 Å². The Morgan fingerprint density at radius 3 is 2.58 bits per heavy atom. The summed E-state index contributed by atoms with van der Waals surface area (Å²) in [4.78, 5) is 35.9. The maximum atomic E-state index is 12.6. The van der Waals surface area contributed by atoms with Crippen molar-refractivity contribution in [3.05, 3.63) is 60.2 Å². The highest BCUT2D eigenvalue weighted by Crippen LogP contribution is 2.31. The Labute approximate surface area is 235 Å². The van der Waals surface area contributed by atoms with Gasteiger partial charge in [0.15, 0.2) is 6.73 Å². The number of rotatable bonds is 10. The van der Waals surface area contributed by atoms with Gasteiger partial charge in [-0.05, 0) is 61.7 Å². The predicted molar refractivity (Wildman–Crippen MR) is 156 cm³/mol. The standard InChI is InChI=1S/C32H38N4O4/c37-30-16-14-25-13-15-29(33-31(25)36(30)23-40-32(38)26-9-5-10-26)39-22-4-3-17-34-18-20-35(21-19-34)28-12-6-8-24-7-1-2-11-27(24)28/h1-2,6-8,11-13,15,26H,3-5,9-10,14,16-23H2. The van der Waals surface area contributed by atoms with Gasteiger partial charge in [-0.25, -0.2) is 0 Å². The molecular formula is C32H38N4O4. The number of esters is 1. The van der Waals surface area contributed by atoms with Crippen LogP contribution in [0.3, 0.4) is 0 Å². The summed E-state index contributed by atoms with van der Waals surface area (Å²) in [6, 6.07) is 19.0. The molecule has 8 nitrogen and oxygen atoms in total. The van der Waals surface area contributed by atoms with Crippen LogP contribution in [0, 0.1) is 5.92 Å². The van der Waals surface area contributed by atoms with Gasteiger partial charge in [0, 0.05) is 49.7 Å². The molecule has 210 valence electrons. The smallest absolute Gasteiger partial charge is 0.310 e. The van der Waals surface area contributed by atoms with Gasteiger partial charge in [-0.1, -0.05) is 42.8 Å². The summed E-state index contributed by atoms with van der Waals surface area (Å²) in [5.41, 5.74) is 2.31. The summed E-state index contributed by atoms with van der Waals surface area (Å²) in [5, 5.41) is 2.62. The second-order valence-electron chi connectivity index (χ2n) is 11.1. The quantitative estimate of drug-likeness (QED) is 0.269. The number of benzene rings is 2. The second kappa shape index (κ2) is 12.3. The zero-order valence-corrected chi connectivity index (χ0v) is 23.1. The van der Waals surface area contributed by atoms with Crippen molar-refractivity contribution in [2.45, 2.75) is 44.9 Å². The Balaban J connectivity index is 0.945. The molecule has 2 fully saturated rings. The zero-order chi connectivity index (χ0) is 27.3. The van der Waals surface area contributed by atoms with Crippen LogP contribution in [-0.2, 0) is 20.7 Å². The van der Waals surface area contributed by atoms with Crippen molar-refractivity contribution in [3.8, 4) is 5.88 Å². The van der Waals surface area contributed by atoms with Gasteiger partial charge in [-0.15, -0.1) is 0 Å². The number of carbonyl (C=O) groups is 2. The molecule has 1 aromatic heterocycles. The SMILES string of the molecule is O=C(OCN1C(=O)CCc2ccc(OCCCCN3CCN(c4cccc5ccccc45)CC3)nc21)C1CCC1. The molecule has 0 N–H and O–H groups in total. The highest BCUT2D eigenvalue weighted by Gasteiger charge is 2.30. The number of aromatic nitrogens is 1. The van der Waals surface area contributed by atoms with E-state index in [0.29, 0.717) is 31.1 Å². The molecule has 3 heterocycles. The fourth-order valence-corrected chi connectivity index (χ4v) is 5.80. The molecule has 0 atom stereocenters. The molecule has 1 saturated carbocycles. The number of anilines is 2. The Morgan fingerprint density at radius 2 is 1.75 bits per heavy atom. The molecule has 3 aromatic rings. The molecule has 1 aliphatic carbocycles. The third kappa shape index (κ3) is 5.92. The van der Waals surface area contributed by atoms with Crippen molar-refractivity contribution in [2.75, 3.05) is 55.9 Å². The Kier molecular flexibility index (Phi) is 8.14. The number of unbranched alkanes of at least 4 members (excludes halogenated alkanes) is 1. The number of aryl methyl sites for hydroxylation is 1. The lowest BCUT2D eigenvalue weighted by Gasteiger charge is -2.36. The number of ether oxygens (including phenoxy) is 2. The van der Waals surface area contributed by atoms with Crippen LogP contribution in [0.25, 0.3) is 10.8 Å². The largest absolute Gasteiger partial charge is 0.478 e. The van der Waals surface area contributed by atoms with Crippen LogP contribution >= 0.6 is 0 Å². The van der Waals surface area contributed by atoms with Gasteiger partial charge in [0.25, 0.3) is 0 Å². The van der Waals surface area contributed by atoms with Gasteiger partial charge in [0.05, 0.1) is 12.5 Å². The van der Waals surface area contributed by atoms with E-state index in [1.807, 2.05) is 12.1 Å². The van der Waals surface area contributed by atoms with Gasteiger partial charge in [0.2, 0.25) is 11.8 Å². The molecule has 1 amide bonds. The average molecular weight is 543 g/mol. The Bertz CT molecular complexity index is 1340. The Hall–Kier alpha value is -3.65. The topological polar surface area (TPSA) is 75.2 Å². The van der Waals surface area contributed by atoms with Crippen molar-refractivity contribution >= 4 is 34.2 Å². The minimum absolute atomic E-state index is 0.0185. The minimum atomic E-state index is -0.214. The molecule has 0 bridgehead atoms. The maximum Gasteiger partial charge on any atom is 0.310 e. The predicted octanol–water partition coefficient (Wildman–Crippen LogP) is 4.80. The molecule has 3 aliphatic rings. The minimum Gasteiger partial charge on any atom is -0.478 e. The van der Waals surface area contributed by atoms with Crippen molar-refractivity contribution in [1.29, 1.82) is 0 Å². The van der Waals surface area contributed by atoms with E-state index in [9.17, 15) is 9.59 Å². The fraction of sp³-hybridized carbons (Fsp3) is 0.469. The van der Waals surface area contributed by atoms with Gasteiger partial charge in [0.1, 0.15) is 5.82 Å². The van der Waals surface area contributed by atoms with Crippen molar-refractivity contribution in [3.63, 3.8) is 0 Å². The zero-order valence-electron chi connectivity index (χ0n) is 23.1. The number of fused-ring (bicyclic) bond motifs is 2. The number of amides is 1. The molecule has 0 spiro atoms. The van der Waals surface area contributed by atoms with Crippen molar-refractivity contribution in [1.82, 2.24) is 9.88 Å². The van der Waals surface area contributed by atoms with E-state index >= 15 is 0 Å². The van der Waals surface area contributed by atoms with E-state index in [2.05, 4.69) is 57.2 Å². The summed E-state index contributed by atoms with van der Waals surface area (Å²) >= 11 is 0. The first-order chi connectivity index (χ1) is 19.7. The summed E-state index contributed by atoms with van der Waals surface area (Å²) in [6.45, 7) is 5.75. The molecule has 6 rings (SSSR count). The highest BCUT2D eigenvalue weighted by atomic mass is 16.5. The fourth-order valence-electron chi connectivity index (χ4n) is 5.80. The van der Waals surface area contributed by atoms with Gasteiger partial charge in [-0.3, -0.25) is 19.4 Å². The molecule has 0 unspecified atom stereocenters. The van der Waals surface area contributed by atoms with E-state index in [1.165, 1.54) is 21.4 Å². The lowest BCUT2D eigenvalue weighted by Crippen LogP contribution is -2.46. The van der Waals surface area contributed by atoms with E-state index in [0.717, 1.165) is 70.4 Å². The van der Waals surface area contributed by atoms with Crippen molar-refractivity contribution < 1.29 is 19.1 Å². The van der Waals surface area contributed by atoms with Gasteiger partial charge in [-0.2, -0.15) is 4.98 Å². The average Bonchev–Trinajstić information content (AvgIpc) is 2.95. The van der Waals surface area contributed by atoms with Crippen LogP contribution in [0.2, 0.25) is 0 Å². The molecule has 0 radical (unpaired) electrons. The molecule has 2 aliphatic heterocycles. The third-order valence-corrected chi connectivity index (χ3v) is 8.47. The summed E-state index contributed by atoms with van der Waals surface area (Å²) in [7, 11) is 0. The van der Waals surface area contributed by atoms with E-state index < -0.39 is 0 Å². The van der Waals surface area contributed by atoms with Crippen molar-refractivity contribution in [2.24, 2.45) is 5.92 Å². The molecule has 2 aromatic carbocycles. The van der Waals surface area contributed by atoms with Crippen LogP contribution in [0.1, 0.15) is 44.1 Å². The first-order valence-corrected chi connectivity index (χ1v) is 14.7. The lowest BCUT2D eigenvalue weighted by atomic mass is 9.86. The number of piperazine rings is 1. The van der Waals surface area contributed by atoms with Crippen LogP contribution < -0.4 is 14.5 Å². The van der Waals surface area contributed by atoms with Crippen LogP contribution in [0.5, 0.6) is 5.88 Å². The lowest BCUT2D eigenvalue weighted by molar-refractivity contribution is -0.151. The molecule has 40 heavy (non-hydrogen) atoms. The van der Waals surface area contributed by atoms with E-state index in [4.69, 9.17) is 9.47 Å².